The maximum Gasteiger partial charge on any atom is 0.269 e. The van der Waals surface area contributed by atoms with Crippen molar-refractivity contribution in [1.29, 1.82) is 0 Å². The number of nitrogens with one attached hydrogen (secondary N) is 1. The molecule has 0 saturated carbocycles. The highest BCUT2D eigenvalue weighted by Crippen LogP contribution is 2.40. The maximum absolute atomic E-state index is 12.6. The number of carbonyl (C=O) groups excluding carboxylic acids is 2. The normalized spacial score (nSPS) is 11.7. The molecule has 8 nitrogen and oxygen atoms in total. The third kappa shape index (κ3) is 5.10. The lowest BCUT2D eigenvalue weighted by Crippen LogP contribution is -2.65. The maximum atomic E-state index is 12.6. The number of anilines is 3. The molecule has 178 valence electrons. The molecule has 2 amide bonds. The van der Waals surface area contributed by atoms with Gasteiger partial charge in [-0.1, -0.05) is 74.5 Å². The second-order valence-corrected chi connectivity index (χ2v) is 12.9. The third-order valence-electron chi connectivity index (χ3n) is 6.16. The molecule has 3 rings (SSSR count). The zero-order chi connectivity index (χ0) is 24.9. The molecule has 8 N–H and O–H groups in total. The molecule has 9 heteroatoms. The first-order chi connectivity index (χ1) is 16.1. The second-order valence-electron chi connectivity index (χ2n) is 8.95. The monoisotopic (exact) mass is 477 g/mol. The lowest BCUT2D eigenvalue weighted by molar-refractivity contribution is -0.116. The molecule has 0 aliphatic carbocycles. The molecule has 0 fully saturated rings. The minimum Gasteiger partial charge on any atom is -0.424 e. The standard InChI is InChI=1S/C25H31N5O3Si/c1-25(2,34(33,17-10-5-3-6-11-17)18-12-7-4-8-13-18)15-9-14-21(31)29-20-16-19(26)22(27)23(30-20)24(28)32/h3-8,10-13,16,33H,9,14-15,27H2,1-2H3,(H2,28,32)(H3,26,29,30,31). The molecule has 0 unspecified atom stereocenters. The molecule has 0 radical (unpaired) electrons. The Morgan fingerprint density at radius 3 is 2.03 bits per heavy atom. The Hall–Kier alpha value is -3.69. The molecule has 1 heterocycles. The predicted molar refractivity (Wildman–Crippen MR) is 138 cm³/mol. The number of nitrogens with two attached hydrogens (primary N) is 3. The van der Waals surface area contributed by atoms with E-state index in [0.717, 1.165) is 10.4 Å². The SMILES string of the molecule is CC(C)(CCCC(=O)Nc1cc(N)c(N)c(C(N)=O)n1)[Si](O)(c1ccccc1)c1ccccc1. The van der Waals surface area contributed by atoms with E-state index in [2.05, 4.69) is 24.1 Å². The summed E-state index contributed by atoms with van der Waals surface area (Å²) in [6, 6.07) is 20.9. The van der Waals surface area contributed by atoms with Crippen molar-refractivity contribution in [1.82, 2.24) is 4.98 Å². The summed E-state index contributed by atoms with van der Waals surface area (Å²) in [5.41, 5.74) is 16.7. The summed E-state index contributed by atoms with van der Waals surface area (Å²) in [5.74, 6) is -0.996. The fraction of sp³-hybridized carbons (Fsp3) is 0.240. The van der Waals surface area contributed by atoms with Crippen LogP contribution in [0.25, 0.3) is 0 Å². The zero-order valence-corrected chi connectivity index (χ0v) is 20.4. The van der Waals surface area contributed by atoms with Gasteiger partial charge in [0.05, 0.1) is 11.4 Å². The van der Waals surface area contributed by atoms with E-state index in [1.54, 1.807) is 0 Å². The van der Waals surface area contributed by atoms with E-state index in [9.17, 15) is 14.4 Å². The third-order valence-corrected chi connectivity index (χ3v) is 10.7. The van der Waals surface area contributed by atoms with Gasteiger partial charge < -0.3 is 27.3 Å². The van der Waals surface area contributed by atoms with Gasteiger partial charge in [-0.2, -0.15) is 0 Å². The second kappa shape index (κ2) is 10.1. The van der Waals surface area contributed by atoms with E-state index in [0.29, 0.717) is 12.8 Å². The van der Waals surface area contributed by atoms with Gasteiger partial charge in [0.15, 0.2) is 5.69 Å². The van der Waals surface area contributed by atoms with Gasteiger partial charge in [-0.25, -0.2) is 4.98 Å². The fourth-order valence-electron chi connectivity index (χ4n) is 4.21. The van der Waals surface area contributed by atoms with E-state index in [-0.39, 0.29) is 35.2 Å². The fourth-order valence-corrected chi connectivity index (χ4v) is 8.00. The van der Waals surface area contributed by atoms with Crippen LogP contribution in [0.15, 0.2) is 66.7 Å². The number of amides is 2. The van der Waals surface area contributed by atoms with Gasteiger partial charge in [0.1, 0.15) is 5.82 Å². The summed E-state index contributed by atoms with van der Waals surface area (Å²) in [6.07, 6.45) is 1.37. The molecule has 0 bridgehead atoms. The van der Waals surface area contributed by atoms with Crippen LogP contribution in [0, 0.1) is 0 Å². The van der Waals surface area contributed by atoms with Gasteiger partial charge in [0, 0.05) is 12.5 Å². The number of pyridine rings is 1. The summed E-state index contributed by atoms with van der Waals surface area (Å²) in [7, 11) is -3.14. The molecule has 1 aromatic heterocycles. The number of hydrogen-bond donors (Lipinski definition) is 5. The van der Waals surface area contributed by atoms with Gasteiger partial charge in [-0.3, -0.25) is 9.59 Å². The Kier molecular flexibility index (Phi) is 7.38. The van der Waals surface area contributed by atoms with Crippen molar-refractivity contribution >= 4 is 47.7 Å². The van der Waals surface area contributed by atoms with Crippen LogP contribution in [0.1, 0.15) is 43.6 Å². The van der Waals surface area contributed by atoms with Crippen LogP contribution < -0.4 is 32.9 Å². The summed E-state index contributed by atoms with van der Waals surface area (Å²) < 4.78 is 0. The number of primary amides is 1. The molecular weight excluding hydrogens is 446 g/mol. The van der Waals surface area contributed by atoms with Crippen molar-refractivity contribution < 1.29 is 14.4 Å². The average Bonchev–Trinajstić information content (AvgIpc) is 2.81. The largest absolute Gasteiger partial charge is 0.424 e. The Morgan fingerprint density at radius 1 is 1.00 bits per heavy atom. The predicted octanol–water partition coefficient (Wildman–Crippen LogP) is 1.99. The van der Waals surface area contributed by atoms with Crippen LogP contribution in [-0.4, -0.2) is 29.9 Å². The van der Waals surface area contributed by atoms with Crippen LogP contribution >= 0.6 is 0 Å². The summed E-state index contributed by atoms with van der Waals surface area (Å²) in [4.78, 5) is 40.3. The van der Waals surface area contributed by atoms with Gasteiger partial charge >= 0.3 is 0 Å². The van der Waals surface area contributed by atoms with E-state index >= 15 is 0 Å². The van der Waals surface area contributed by atoms with E-state index in [1.807, 2.05) is 60.7 Å². The van der Waals surface area contributed by atoms with Crippen LogP contribution in [0.2, 0.25) is 5.04 Å². The molecule has 0 atom stereocenters. The highest BCUT2D eigenvalue weighted by molar-refractivity contribution is 6.98. The lowest BCUT2D eigenvalue weighted by Gasteiger charge is -2.41. The molecule has 0 spiro atoms. The molecule has 34 heavy (non-hydrogen) atoms. The van der Waals surface area contributed by atoms with Crippen LogP contribution in [0.3, 0.4) is 0 Å². The number of aromatic nitrogens is 1. The molecule has 0 saturated heterocycles. The van der Waals surface area contributed by atoms with E-state index in [4.69, 9.17) is 17.2 Å². The first-order valence-electron chi connectivity index (χ1n) is 11.1. The summed E-state index contributed by atoms with van der Waals surface area (Å²) in [5, 5.41) is 4.04. The molecule has 0 aliphatic heterocycles. The van der Waals surface area contributed by atoms with Gasteiger partial charge in [-0.15, -0.1) is 0 Å². The lowest BCUT2D eigenvalue weighted by atomic mass is 10.0. The van der Waals surface area contributed by atoms with Gasteiger partial charge in [-0.05, 0) is 28.3 Å². The quantitative estimate of drug-likeness (QED) is 0.297. The van der Waals surface area contributed by atoms with Crippen molar-refractivity contribution in [3.05, 3.63) is 72.4 Å². The highest BCUT2D eigenvalue weighted by atomic mass is 28.4. The minimum absolute atomic E-state index is 0.0154. The van der Waals surface area contributed by atoms with Crippen LogP contribution in [0.4, 0.5) is 17.2 Å². The average molecular weight is 478 g/mol. The Morgan fingerprint density at radius 2 is 1.53 bits per heavy atom. The minimum atomic E-state index is -3.14. The summed E-state index contributed by atoms with van der Waals surface area (Å²) in [6.45, 7) is 4.11. The number of benzene rings is 2. The number of rotatable bonds is 9. The van der Waals surface area contributed by atoms with E-state index in [1.165, 1.54) is 6.07 Å². The van der Waals surface area contributed by atoms with E-state index < -0.39 is 19.3 Å². The number of carbonyl (C=O) groups is 2. The Balaban J connectivity index is 1.74. The first-order valence-corrected chi connectivity index (χ1v) is 13.0. The topological polar surface area (TPSA) is 157 Å². The number of hydrogen-bond acceptors (Lipinski definition) is 6. The zero-order valence-electron chi connectivity index (χ0n) is 19.4. The Labute approximate surface area is 200 Å². The highest BCUT2D eigenvalue weighted by Gasteiger charge is 2.49. The van der Waals surface area contributed by atoms with Crippen molar-refractivity contribution in [3.63, 3.8) is 0 Å². The molecular formula is C25H31N5O3Si. The summed E-state index contributed by atoms with van der Waals surface area (Å²) >= 11 is 0. The first kappa shape index (κ1) is 24.9. The van der Waals surface area contributed by atoms with Crippen molar-refractivity contribution in [3.8, 4) is 0 Å². The van der Waals surface area contributed by atoms with Crippen LogP contribution in [-0.2, 0) is 4.79 Å². The molecule has 2 aromatic carbocycles. The van der Waals surface area contributed by atoms with Crippen molar-refractivity contribution in [2.45, 2.75) is 38.1 Å². The Bertz CT molecular complexity index is 1130. The molecule has 0 aliphatic rings. The van der Waals surface area contributed by atoms with Crippen molar-refractivity contribution in [2.75, 3.05) is 16.8 Å². The van der Waals surface area contributed by atoms with Crippen LogP contribution in [0.5, 0.6) is 0 Å². The van der Waals surface area contributed by atoms with Crippen molar-refractivity contribution in [2.24, 2.45) is 5.73 Å². The number of nitrogen functional groups attached to an aromatic ring is 2. The number of nitrogens with zero attached hydrogens (tertiary/aromatic N) is 1. The molecule has 3 aromatic rings. The van der Waals surface area contributed by atoms with Gasteiger partial charge in [0.2, 0.25) is 5.91 Å². The van der Waals surface area contributed by atoms with Gasteiger partial charge in [0.25, 0.3) is 14.2 Å². The smallest absolute Gasteiger partial charge is 0.269 e.